The Bertz CT molecular complexity index is 1260. The van der Waals surface area contributed by atoms with Gasteiger partial charge in [-0.1, -0.05) is 24.3 Å². The fraction of sp³-hybridized carbons (Fsp3) is 0.261. The minimum absolute atomic E-state index is 0.00161. The first-order chi connectivity index (χ1) is 14.8. The van der Waals surface area contributed by atoms with Gasteiger partial charge in [0.1, 0.15) is 10.6 Å². The molecule has 1 aliphatic rings. The summed E-state index contributed by atoms with van der Waals surface area (Å²) in [4.78, 5) is 12.6. The molecule has 3 aromatic carbocycles. The van der Waals surface area contributed by atoms with E-state index in [4.69, 9.17) is 4.74 Å². The number of hydrogen-bond acceptors (Lipinski definition) is 5. The molecule has 0 heterocycles. The number of amides is 1. The van der Waals surface area contributed by atoms with Gasteiger partial charge in [-0.25, -0.2) is 12.7 Å². The van der Waals surface area contributed by atoms with Crippen LogP contribution in [0.4, 0.5) is 11.4 Å². The fourth-order valence-corrected chi connectivity index (χ4v) is 5.01. The summed E-state index contributed by atoms with van der Waals surface area (Å²) in [6.45, 7) is 0.0560. The zero-order chi connectivity index (χ0) is 22.2. The molecule has 3 aromatic rings. The van der Waals surface area contributed by atoms with Crippen LogP contribution >= 0.6 is 0 Å². The van der Waals surface area contributed by atoms with Gasteiger partial charge in [0.2, 0.25) is 15.9 Å². The fourth-order valence-electron chi connectivity index (χ4n) is 3.93. The molecular formula is C23H25N3O4S. The predicted molar refractivity (Wildman–Crippen MR) is 122 cm³/mol. The Balaban J connectivity index is 1.51. The third-order valence-electron chi connectivity index (χ3n) is 5.52. The summed E-state index contributed by atoms with van der Waals surface area (Å²) in [6.07, 6.45) is 2.10. The topological polar surface area (TPSA) is 87.7 Å². The lowest BCUT2D eigenvalue weighted by molar-refractivity contribution is -0.114. The van der Waals surface area contributed by atoms with Crippen molar-refractivity contribution in [3.05, 3.63) is 59.7 Å². The number of anilines is 2. The van der Waals surface area contributed by atoms with Gasteiger partial charge in [0.05, 0.1) is 13.7 Å². The molecule has 0 aromatic heterocycles. The van der Waals surface area contributed by atoms with Crippen LogP contribution in [0.1, 0.15) is 11.1 Å². The van der Waals surface area contributed by atoms with E-state index in [-0.39, 0.29) is 23.1 Å². The predicted octanol–water partition coefficient (Wildman–Crippen LogP) is 3.25. The lowest BCUT2D eigenvalue weighted by Gasteiger charge is -2.16. The maximum atomic E-state index is 12.6. The molecule has 0 unspecified atom stereocenters. The van der Waals surface area contributed by atoms with Crippen LogP contribution in [0.2, 0.25) is 0 Å². The maximum absolute atomic E-state index is 12.6. The van der Waals surface area contributed by atoms with E-state index in [1.54, 1.807) is 6.07 Å². The monoisotopic (exact) mass is 439 g/mol. The third-order valence-corrected chi connectivity index (χ3v) is 7.36. The highest BCUT2D eigenvalue weighted by Gasteiger charge is 2.23. The molecule has 4 rings (SSSR count). The lowest BCUT2D eigenvalue weighted by Crippen LogP contribution is -2.24. The number of nitrogens with zero attached hydrogens (tertiary/aromatic N) is 1. The quantitative estimate of drug-likeness (QED) is 0.590. The van der Waals surface area contributed by atoms with Crippen LogP contribution in [-0.2, 0) is 27.7 Å². The molecule has 8 heteroatoms. The normalized spacial score (nSPS) is 12.9. The first kappa shape index (κ1) is 21.1. The van der Waals surface area contributed by atoms with Crippen LogP contribution in [0.5, 0.6) is 5.75 Å². The van der Waals surface area contributed by atoms with E-state index in [0.29, 0.717) is 5.69 Å². The van der Waals surface area contributed by atoms with E-state index in [2.05, 4.69) is 28.8 Å². The minimum atomic E-state index is -3.72. The molecule has 0 saturated carbocycles. The van der Waals surface area contributed by atoms with E-state index in [1.807, 2.05) is 12.1 Å². The van der Waals surface area contributed by atoms with Gasteiger partial charge in [0.15, 0.2) is 0 Å². The minimum Gasteiger partial charge on any atom is -0.495 e. The summed E-state index contributed by atoms with van der Waals surface area (Å²) in [5, 5.41) is 8.36. The van der Waals surface area contributed by atoms with E-state index in [9.17, 15) is 13.2 Å². The van der Waals surface area contributed by atoms with E-state index in [1.165, 1.54) is 49.9 Å². The number of hydrogen-bond donors (Lipinski definition) is 2. The summed E-state index contributed by atoms with van der Waals surface area (Å²) in [6, 6.07) is 14.9. The van der Waals surface area contributed by atoms with Crippen LogP contribution in [0.3, 0.4) is 0 Å². The summed E-state index contributed by atoms with van der Waals surface area (Å²) in [7, 11) is 0.582. The summed E-state index contributed by atoms with van der Waals surface area (Å²) in [5.41, 5.74) is 3.97. The number of carbonyl (C=O) groups is 1. The van der Waals surface area contributed by atoms with Gasteiger partial charge in [0, 0.05) is 30.9 Å². The molecule has 0 fully saturated rings. The Kier molecular flexibility index (Phi) is 5.60. The first-order valence-corrected chi connectivity index (χ1v) is 11.4. The first-order valence-electron chi connectivity index (χ1n) is 9.99. The number of carbonyl (C=O) groups excluding carboxylic acids is 1. The second-order valence-electron chi connectivity index (χ2n) is 7.67. The molecule has 0 atom stereocenters. The smallest absolute Gasteiger partial charge is 0.246 e. The van der Waals surface area contributed by atoms with Crippen molar-refractivity contribution in [2.75, 3.05) is 38.4 Å². The highest BCUT2D eigenvalue weighted by Crippen LogP contribution is 2.35. The van der Waals surface area contributed by atoms with Crippen molar-refractivity contribution in [2.45, 2.75) is 17.7 Å². The number of rotatable bonds is 7. The van der Waals surface area contributed by atoms with Crippen molar-refractivity contribution in [1.29, 1.82) is 0 Å². The van der Waals surface area contributed by atoms with Crippen molar-refractivity contribution < 1.29 is 17.9 Å². The number of benzene rings is 3. The molecule has 162 valence electrons. The second kappa shape index (κ2) is 8.20. The molecule has 0 spiro atoms. The van der Waals surface area contributed by atoms with Gasteiger partial charge >= 0.3 is 0 Å². The molecule has 0 radical (unpaired) electrons. The molecule has 1 amide bonds. The van der Waals surface area contributed by atoms with Crippen LogP contribution < -0.4 is 15.4 Å². The van der Waals surface area contributed by atoms with Crippen molar-refractivity contribution in [1.82, 2.24) is 4.31 Å². The van der Waals surface area contributed by atoms with Gasteiger partial charge in [-0.3, -0.25) is 4.79 Å². The third kappa shape index (κ3) is 3.96. The number of nitrogens with one attached hydrogen (secondary N) is 2. The Hall–Kier alpha value is -3.10. The van der Waals surface area contributed by atoms with Crippen molar-refractivity contribution >= 4 is 38.1 Å². The molecule has 31 heavy (non-hydrogen) atoms. The molecule has 0 aliphatic heterocycles. The Morgan fingerprint density at radius 2 is 1.81 bits per heavy atom. The zero-order valence-electron chi connectivity index (χ0n) is 17.7. The lowest BCUT2D eigenvalue weighted by atomic mass is 10.0. The van der Waals surface area contributed by atoms with Gasteiger partial charge in [-0.15, -0.1) is 0 Å². The van der Waals surface area contributed by atoms with Gasteiger partial charge in [-0.2, -0.15) is 0 Å². The Labute approximate surface area is 182 Å². The number of ether oxygens (including phenoxy) is 1. The van der Waals surface area contributed by atoms with Crippen LogP contribution in [-0.4, -0.2) is 46.4 Å². The highest BCUT2D eigenvalue weighted by atomic mass is 32.2. The van der Waals surface area contributed by atoms with Gasteiger partial charge in [0.25, 0.3) is 0 Å². The van der Waals surface area contributed by atoms with E-state index >= 15 is 0 Å². The van der Waals surface area contributed by atoms with Crippen molar-refractivity contribution in [3.8, 4) is 5.75 Å². The average Bonchev–Trinajstić information content (AvgIpc) is 3.18. The maximum Gasteiger partial charge on any atom is 0.246 e. The zero-order valence-corrected chi connectivity index (χ0v) is 18.5. The second-order valence-corrected chi connectivity index (χ2v) is 9.79. The summed E-state index contributed by atoms with van der Waals surface area (Å²) >= 11 is 0. The van der Waals surface area contributed by atoms with Crippen molar-refractivity contribution in [2.24, 2.45) is 0 Å². The van der Waals surface area contributed by atoms with Gasteiger partial charge < -0.3 is 15.4 Å². The standard InChI is InChI=1S/C23H25N3O4S/c1-26(2)31(28,29)21-13-17(10-12-20(21)30-3)25-22(27)14-24-19-11-9-16-8-7-15-5-4-6-18(19)23(15)16/h4-6,9-13,24H,7-8,14H2,1-3H3,(H,25,27). The number of aryl methyl sites for hydroxylation is 2. The number of methoxy groups -OCH3 is 1. The highest BCUT2D eigenvalue weighted by molar-refractivity contribution is 7.89. The van der Waals surface area contributed by atoms with Crippen LogP contribution in [0, 0.1) is 0 Å². The summed E-state index contributed by atoms with van der Waals surface area (Å²) in [5.74, 6) is -0.0562. The van der Waals surface area contributed by atoms with Crippen LogP contribution in [0.25, 0.3) is 10.8 Å². The van der Waals surface area contributed by atoms with E-state index in [0.717, 1.165) is 28.2 Å². The van der Waals surface area contributed by atoms with Gasteiger partial charge in [-0.05, 0) is 53.6 Å². The molecule has 1 aliphatic carbocycles. The molecular weight excluding hydrogens is 414 g/mol. The molecule has 7 nitrogen and oxygen atoms in total. The largest absolute Gasteiger partial charge is 0.495 e. The average molecular weight is 440 g/mol. The van der Waals surface area contributed by atoms with E-state index < -0.39 is 10.0 Å². The SMILES string of the molecule is COc1ccc(NC(=O)CNc2ccc3c4c(cccc24)CC3)cc1S(=O)(=O)N(C)C. The Morgan fingerprint density at radius 3 is 2.52 bits per heavy atom. The summed E-state index contributed by atoms with van der Waals surface area (Å²) < 4.78 is 31.4. The van der Waals surface area contributed by atoms with Crippen molar-refractivity contribution in [3.63, 3.8) is 0 Å². The number of sulfonamides is 1. The van der Waals surface area contributed by atoms with Crippen LogP contribution in [0.15, 0.2) is 53.4 Å². The molecule has 0 saturated heterocycles. The molecule has 2 N–H and O–H groups in total. The molecule has 0 bridgehead atoms. The Morgan fingerprint density at radius 1 is 1.06 bits per heavy atom.